The Kier molecular flexibility index (Phi) is 3.24. The van der Waals surface area contributed by atoms with Gasteiger partial charge >= 0.3 is 0 Å². The Balaban J connectivity index is 2.08. The molecule has 0 saturated carbocycles. The van der Waals surface area contributed by atoms with Crippen LogP contribution in [0.5, 0.6) is 0 Å². The molecule has 0 fully saturated rings. The van der Waals surface area contributed by atoms with E-state index in [9.17, 15) is 0 Å². The molecular formula is C13H18N4. The second kappa shape index (κ2) is 4.67. The summed E-state index contributed by atoms with van der Waals surface area (Å²) < 4.78 is 2.11. The molecule has 2 heterocycles. The number of rotatable bonds is 4. The van der Waals surface area contributed by atoms with Gasteiger partial charge in [0.2, 0.25) is 0 Å². The van der Waals surface area contributed by atoms with Crippen molar-refractivity contribution in [3.8, 4) is 0 Å². The van der Waals surface area contributed by atoms with Gasteiger partial charge in [-0.25, -0.2) is 4.98 Å². The number of imidazole rings is 1. The van der Waals surface area contributed by atoms with Crippen LogP contribution in [-0.2, 0) is 18.5 Å². The summed E-state index contributed by atoms with van der Waals surface area (Å²) in [7, 11) is 0. The summed E-state index contributed by atoms with van der Waals surface area (Å²) in [6.07, 6.45) is 8.27. The van der Waals surface area contributed by atoms with Gasteiger partial charge in [-0.3, -0.25) is 4.98 Å². The minimum absolute atomic E-state index is 0.352. The van der Waals surface area contributed by atoms with Crippen LogP contribution in [-0.4, -0.2) is 14.5 Å². The summed E-state index contributed by atoms with van der Waals surface area (Å²) in [6.45, 7) is 4.87. The van der Waals surface area contributed by atoms with E-state index >= 15 is 0 Å². The van der Waals surface area contributed by atoms with Gasteiger partial charge in [-0.15, -0.1) is 0 Å². The van der Waals surface area contributed by atoms with E-state index in [1.54, 1.807) is 0 Å². The molecule has 4 heteroatoms. The Labute approximate surface area is 102 Å². The molecule has 2 aromatic heterocycles. The third kappa shape index (κ3) is 2.91. The molecule has 0 aliphatic rings. The predicted molar refractivity (Wildman–Crippen MR) is 67.4 cm³/mol. The molecule has 0 aromatic carbocycles. The first kappa shape index (κ1) is 11.8. The monoisotopic (exact) mass is 230 g/mol. The maximum Gasteiger partial charge on any atom is 0.0948 e. The highest BCUT2D eigenvalue weighted by Crippen LogP contribution is 2.16. The van der Waals surface area contributed by atoms with Crippen molar-refractivity contribution in [2.24, 2.45) is 5.73 Å². The lowest BCUT2D eigenvalue weighted by molar-refractivity contribution is 0.492. The molecule has 0 bridgehead atoms. The van der Waals surface area contributed by atoms with Crippen LogP contribution >= 0.6 is 0 Å². The fraction of sp³-hybridized carbons (Fsp3) is 0.385. The lowest BCUT2D eigenvalue weighted by Gasteiger charge is -2.20. The van der Waals surface area contributed by atoms with E-state index in [1.807, 2.05) is 50.9 Å². The molecule has 0 atom stereocenters. The fourth-order valence-corrected chi connectivity index (χ4v) is 1.83. The number of hydrogen-bond acceptors (Lipinski definition) is 3. The minimum Gasteiger partial charge on any atom is -0.333 e. The molecule has 2 rings (SSSR count). The van der Waals surface area contributed by atoms with Crippen LogP contribution in [0.15, 0.2) is 37.1 Å². The van der Waals surface area contributed by atoms with Gasteiger partial charge in [-0.05, 0) is 38.0 Å². The quantitative estimate of drug-likeness (QED) is 0.870. The van der Waals surface area contributed by atoms with Crippen molar-refractivity contribution in [2.75, 3.05) is 0 Å². The van der Waals surface area contributed by atoms with Crippen LogP contribution in [0.3, 0.4) is 0 Å². The minimum atomic E-state index is -0.352. The maximum absolute atomic E-state index is 6.10. The van der Waals surface area contributed by atoms with Gasteiger partial charge in [0.25, 0.3) is 0 Å². The van der Waals surface area contributed by atoms with Crippen LogP contribution in [0.25, 0.3) is 0 Å². The number of aromatic nitrogens is 3. The van der Waals surface area contributed by atoms with Gasteiger partial charge < -0.3 is 10.3 Å². The second-order valence-corrected chi connectivity index (χ2v) is 4.80. The van der Waals surface area contributed by atoms with Crippen molar-refractivity contribution in [3.63, 3.8) is 0 Å². The molecule has 0 saturated heterocycles. The van der Waals surface area contributed by atoms with Gasteiger partial charge in [0, 0.05) is 25.1 Å². The zero-order valence-corrected chi connectivity index (χ0v) is 10.3. The summed E-state index contributed by atoms with van der Waals surface area (Å²) in [5.74, 6) is 0. The van der Waals surface area contributed by atoms with E-state index in [2.05, 4.69) is 14.5 Å². The van der Waals surface area contributed by atoms with Gasteiger partial charge in [-0.2, -0.15) is 0 Å². The first-order chi connectivity index (χ1) is 8.07. The SMILES string of the molecule is CC(C)(N)c1cncn1CCc1ccncc1. The van der Waals surface area contributed by atoms with Crippen LogP contribution < -0.4 is 5.73 Å². The normalized spacial score (nSPS) is 11.7. The summed E-state index contributed by atoms with van der Waals surface area (Å²) in [5, 5.41) is 0. The highest BCUT2D eigenvalue weighted by molar-refractivity contribution is 5.12. The maximum atomic E-state index is 6.10. The molecule has 90 valence electrons. The highest BCUT2D eigenvalue weighted by Gasteiger charge is 2.18. The zero-order chi connectivity index (χ0) is 12.3. The average Bonchev–Trinajstić information content (AvgIpc) is 2.75. The summed E-state index contributed by atoms with van der Waals surface area (Å²) in [4.78, 5) is 8.18. The lowest BCUT2D eigenvalue weighted by atomic mass is 10.0. The van der Waals surface area contributed by atoms with Crippen LogP contribution in [0.1, 0.15) is 25.1 Å². The number of hydrogen-bond donors (Lipinski definition) is 1. The van der Waals surface area contributed by atoms with Crippen molar-refractivity contribution < 1.29 is 0 Å². The Morgan fingerprint density at radius 2 is 1.94 bits per heavy atom. The molecule has 0 unspecified atom stereocenters. The molecule has 0 aliphatic carbocycles. The predicted octanol–water partition coefficient (Wildman–Crippen LogP) is 1.71. The molecule has 2 N–H and O–H groups in total. The smallest absolute Gasteiger partial charge is 0.0948 e. The van der Waals surface area contributed by atoms with E-state index in [1.165, 1.54) is 5.56 Å². The topological polar surface area (TPSA) is 56.7 Å². The Morgan fingerprint density at radius 1 is 1.24 bits per heavy atom. The molecular weight excluding hydrogens is 212 g/mol. The van der Waals surface area contributed by atoms with Gasteiger partial charge in [0.1, 0.15) is 0 Å². The van der Waals surface area contributed by atoms with E-state index in [-0.39, 0.29) is 5.54 Å². The van der Waals surface area contributed by atoms with Crippen molar-refractivity contribution in [1.29, 1.82) is 0 Å². The Hall–Kier alpha value is -1.68. The Bertz CT molecular complexity index is 468. The van der Waals surface area contributed by atoms with Crippen molar-refractivity contribution in [1.82, 2.24) is 14.5 Å². The van der Waals surface area contributed by atoms with Gasteiger partial charge in [-0.1, -0.05) is 0 Å². The first-order valence-corrected chi connectivity index (χ1v) is 5.76. The summed E-state index contributed by atoms with van der Waals surface area (Å²) in [5.41, 5.74) is 8.08. The number of nitrogens with two attached hydrogens (primary N) is 1. The van der Waals surface area contributed by atoms with E-state index in [0.717, 1.165) is 18.7 Å². The standard InChI is InChI=1S/C13H18N4/c1-13(2,14)12-9-16-10-17(12)8-5-11-3-6-15-7-4-11/h3-4,6-7,9-10H,5,8,14H2,1-2H3. The molecule has 0 aliphatic heterocycles. The lowest BCUT2D eigenvalue weighted by Crippen LogP contribution is -2.31. The molecule has 0 amide bonds. The second-order valence-electron chi connectivity index (χ2n) is 4.80. The van der Waals surface area contributed by atoms with Crippen molar-refractivity contribution >= 4 is 0 Å². The van der Waals surface area contributed by atoms with Crippen LogP contribution in [0, 0.1) is 0 Å². The van der Waals surface area contributed by atoms with Gasteiger partial charge in [0.05, 0.1) is 17.6 Å². The molecule has 0 spiro atoms. The van der Waals surface area contributed by atoms with E-state index in [4.69, 9.17) is 5.73 Å². The third-order valence-corrected chi connectivity index (χ3v) is 2.76. The molecule has 4 nitrogen and oxygen atoms in total. The number of aryl methyl sites for hydroxylation is 2. The zero-order valence-electron chi connectivity index (χ0n) is 10.3. The number of nitrogens with zero attached hydrogens (tertiary/aromatic N) is 3. The first-order valence-electron chi connectivity index (χ1n) is 5.76. The van der Waals surface area contributed by atoms with Gasteiger partial charge in [0.15, 0.2) is 0 Å². The van der Waals surface area contributed by atoms with Crippen molar-refractivity contribution in [2.45, 2.75) is 32.4 Å². The van der Waals surface area contributed by atoms with Crippen molar-refractivity contribution in [3.05, 3.63) is 48.3 Å². The number of pyridine rings is 1. The average molecular weight is 230 g/mol. The van der Waals surface area contributed by atoms with E-state index in [0.29, 0.717) is 0 Å². The third-order valence-electron chi connectivity index (χ3n) is 2.76. The fourth-order valence-electron chi connectivity index (χ4n) is 1.83. The van der Waals surface area contributed by atoms with Crippen LogP contribution in [0.4, 0.5) is 0 Å². The molecule has 2 aromatic rings. The highest BCUT2D eigenvalue weighted by atomic mass is 15.1. The summed E-state index contributed by atoms with van der Waals surface area (Å²) >= 11 is 0. The summed E-state index contributed by atoms with van der Waals surface area (Å²) in [6, 6.07) is 4.06. The largest absolute Gasteiger partial charge is 0.333 e. The molecule has 0 radical (unpaired) electrons. The molecule has 17 heavy (non-hydrogen) atoms. The Morgan fingerprint density at radius 3 is 2.59 bits per heavy atom. The van der Waals surface area contributed by atoms with E-state index < -0.39 is 0 Å². The van der Waals surface area contributed by atoms with Crippen LogP contribution in [0.2, 0.25) is 0 Å².